The molecule has 2 aromatic heterocycles. The van der Waals surface area contributed by atoms with E-state index in [-0.39, 0.29) is 0 Å². The highest BCUT2D eigenvalue weighted by molar-refractivity contribution is 5.63. The van der Waals surface area contributed by atoms with Crippen molar-refractivity contribution in [3.63, 3.8) is 0 Å². The van der Waals surface area contributed by atoms with Crippen molar-refractivity contribution >= 4 is 0 Å². The van der Waals surface area contributed by atoms with Crippen molar-refractivity contribution in [2.45, 2.75) is 19.5 Å². The van der Waals surface area contributed by atoms with Gasteiger partial charge in [0.2, 0.25) is 0 Å². The van der Waals surface area contributed by atoms with Gasteiger partial charge in [-0.15, -0.1) is 0 Å². The van der Waals surface area contributed by atoms with Crippen LogP contribution in [0.25, 0.3) is 22.8 Å². The second kappa shape index (κ2) is 6.39. The first-order valence-corrected chi connectivity index (χ1v) is 7.44. The van der Waals surface area contributed by atoms with E-state index >= 15 is 0 Å². The normalized spacial score (nSPS) is 11.5. The molecule has 24 heavy (non-hydrogen) atoms. The molecule has 6 heteroatoms. The van der Waals surface area contributed by atoms with E-state index in [0.717, 1.165) is 17.8 Å². The van der Waals surface area contributed by atoms with Crippen LogP contribution in [-0.2, 0) is 12.6 Å². The van der Waals surface area contributed by atoms with Crippen LogP contribution in [0.2, 0.25) is 0 Å². The lowest BCUT2D eigenvalue weighted by Gasteiger charge is -2.10. The van der Waals surface area contributed by atoms with Gasteiger partial charge in [0.05, 0.1) is 11.3 Å². The number of aromatic nitrogens is 3. The molecule has 3 rings (SSSR count). The largest absolute Gasteiger partial charge is 0.416 e. The zero-order valence-electron chi connectivity index (χ0n) is 12.9. The molecule has 1 aromatic carbocycles. The summed E-state index contributed by atoms with van der Waals surface area (Å²) in [7, 11) is 0. The highest BCUT2D eigenvalue weighted by Crippen LogP contribution is 2.32. The number of halogens is 3. The first kappa shape index (κ1) is 16.1. The fourth-order valence-electron chi connectivity index (χ4n) is 2.29. The molecule has 0 unspecified atom stereocenters. The lowest BCUT2D eigenvalue weighted by molar-refractivity contribution is -0.137. The van der Waals surface area contributed by atoms with Crippen molar-refractivity contribution in [2.75, 3.05) is 0 Å². The Hall–Kier alpha value is -2.76. The van der Waals surface area contributed by atoms with Gasteiger partial charge in [-0.05, 0) is 36.8 Å². The van der Waals surface area contributed by atoms with Gasteiger partial charge in [0.1, 0.15) is 5.69 Å². The van der Waals surface area contributed by atoms with E-state index in [1.807, 2.05) is 13.0 Å². The van der Waals surface area contributed by atoms with Gasteiger partial charge in [-0.3, -0.25) is 4.98 Å². The fraction of sp³-hybridized carbons (Fsp3) is 0.167. The molecule has 0 aliphatic heterocycles. The SMILES string of the molecule is CCc1cc(-c2cccc(C(F)(F)F)c2)nc(-c2ccccn2)n1. The molecule has 0 atom stereocenters. The van der Waals surface area contributed by atoms with Crippen LogP contribution in [0.15, 0.2) is 54.7 Å². The molecule has 0 saturated heterocycles. The molecule has 0 aliphatic carbocycles. The maximum Gasteiger partial charge on any atom is 0.416 e. The number of hydrogen-bond acceptors (Lipinski definition) is 3. The number of alkyl halides is 3. The first-order valence-electron chi connectivity index (χ1n) is 7.44. The summed E-state index contributed by atoms with van der Waals surface area (Å²) in [5, 5.41) is 0. The molecule has 0 amide bonds. The van der Waals surface area contributed by atoms with Gasteiger partial charge < -0.3 is 0 Å². The predicted molar refractivity (Wildman–Crippen MR) is 85.1 cm³/mol. The van der Waals surface area contributed by atoms with Crippen LogP contribution in [-0.4, -0.2) is 15.0 Å². The lowest BCUT2D eigenvalue weighted by Crippen LogP contribution is -2.05. The highest BCUT2D eigenvalue weighted by Gasteiger charge is 2.30. The van der Waals surface area contributed by atoms with Gasteiger partial charge in [-0.1, -0.05) is 25.1 Å². The van der Waals surface area contributed by atoms with Crippen LogP contribution in [0.1, 0.15) is 18.2 Å². The molecule has 0 N–H and O–H groups in total. The summed E-state index contributed by atoms with van der Waals surface area (Å²) in [6.07, 6.45) is -2.12. The zero-order chi connectivity index (χ0) is 17.2. The molecule has 122 valence electrons. The first-order chi connectivity index (χ1) is 11.5. The van der Waals surface area contributed by atoms with Crippen molar-refractivity contribution in [2.24, 2.45) is 0 Å². The summed E-state index contributed by atoms with van der Waals surface area (Å²) in [6, 6.07) is 12.2. The van der Waals surface area contributed by atoms with Gasteiger partial charge in [-0.25, -0.2) is 9.97 Å². The molecule has 0 fully saturated rings. The topological polar surface area (TPSA) is 38.7 Å². The summed E-state index contributed by atoms with van der Waals surface area (Å²) in [4.78, 5) is 13.0. The van der Waals surface area contributed by atoms with E-state index in [4.69, 9.17) is 0 Å². The van der Waals surface area contributed by atoms with E-state index in [0.29, 0.717) is 29.2 Å². The van der Waals surface area contributed by atoms with E-state index in [9.17, 15) is 13.2 Å². The van der Waals surface area contributed by atoms with Gasteiger partial charge in [-0.2, -0.15) is 13.2 Å². The van der Waals surface area contributed by atoms with Gasteiger partial charge >= 0.3 is 6.18 Å². The quantitative estimate of drug-likeness (QED) is 0.694. The third-order valence-electron chi connectivity index (χ3n) is 3.52. The summed E-state index contributed by atoms with van der Waals surface area (Å²) >= 11 is 0. The Balaban J connectivity index is 2.12. The minimum atomic E-state index is -4.39. The predicted octanol–water partition coefficient (Wildman–Crippen LogP) is 4.79. The second-order valence-electron chi connectivity index (χ2n) is 5.22. The third kappa shape index (κ3) is 3.42. The molecule has 0 saturated carbocycles. The van der Waals surface area contributed by atoms with Crippen LogP contribution in [0.3, 0.4) is 0 Å². The monoisotopic (exact) mass is 329 g/mol. The average Bonchev–Trinajstić information content (AvgIpc) is 2.61. The Morgan fingerprint density at radius 3 is 2.42 bits per heavy atom. The van der Waals surface area contributed by atoms with Gasteiger partial charge in [0.15, 0.2) is 5.82 Å². The van der Waals surface area contributed by atoms with Gasteiger partial charge in [0, 0.05) is 17.5 Å². The number of rotatable bonds is 3. The Kier molecular flexibility index (Phi) is 4.29. The average molecular weight is 329 g/mol. The van der Waals surface area contributed by atoms with Crippen LogP contribution in [0, 0.1) is 0 Å². The minimum absolute atomic E-state index is 0.402. The van der Waals surface area contributed by atoms with Crippen LogP contribution in [0.5, 0.6) is 0 Å². The van der Waals surface area contributed by atoms with Gasteiger partial charge in [0.25, 0.3) is 0 Å². The van der Waals surface area contributed by atoms with E-state index < -0.39 is 11.7 Å². The van der Waals surface area contributed by atoms with E-state index in [1.54, 1.807) is 30.5 Å². The highest BCUT2D eigenvalue weighted by atomic mass is 19.4. The smallest absolute Gasteiger partial charge is 0.253 e. The molecular weight excluding hydrogens is 315 g/mol. The summed E-state index contributed by atoms with van der Waals surface area (Å²) in [6.45, 7) is 1.93. The van der Waals surface area contributed by atoms with Crippen LogP contribution >= 0.6 is 0 Å². The fourth-order valence-corrected chi connectivity index (χ4v) is 2.29. The number of hydrogen-bond donors (Lipinski definition) is 0. The number of benzene rings is 1. The van der Waals surface area contributed by atoms with Crippen molar-refractivity contribution in [3.05, 3.63) is 66.0 Å². The van der Waals surface area contributed by atoms with E-state index in [2.05, 4.69) is 15.0 Å². The summed E-state index contributed by atoms with van der Waals surface area (Å²) in [5.74, 6) is 0.405. The molecule has 0 radical (unpaired) electrons. The standard InChI is InChI=1S/C18H14F3N3/c1-2-14-11-16(12-6-5-7-13(10-12)18(19,20)21)24-17(23-14)15-8-3-4-9-22-15/h3-11H,2H2,1H3. The minimum Gasteiger partial charge on any atom is -0.253 e. The van der Waals surface area contributed by atoms with Crippen LogP contribution < -0.4 is 0 Å². The van der Waals surface area contributed by atoms with Crippen molar-refractivity contribution in [3.8, 4) is 22.8 Å². The Bertz CT molecular complexity index is 846. The Morgan fingerprint density at radius 2 is 1.75 bits per heavy atom. The molecule has 0 aliphatic rings. The molecular formula is C18H14F3N3. The number of aryl methyl sites for hydroxylation is 1. The summed E-state index contributed by atoms with van der Waals surface area (Å²) < 4.78 is 38.8. The second-order valence-corrected chi connectivity index (χ2v) is 5.22. The van der Waals surface area contributed by atoms with Crippen molar-refractivity contribution < 1.29 is 13.2 Å². The maximum absolute atomic E-state index is 12.9. The molecule has 3 nitrogen and oxygen atoms in total. The van der Waals surface area contributed by atoms with Crippen molar-refractivity contribution in [1.29, 1.82) is 0 Å². The van der Waals surface area contributed by atoms with E-state index in [1.165, 1.54) is 6.07 Å². The maximum atomic E-state index is 12.9. The summed E-state index contributed by atoms with van der Waals surface area (Å²) in [5.41, 5.74) is 1.49. The molecule has 3 aromatic rings. The number of nitrogens with zero attached hydrogens (tertiary/aromatic N) is 3. The van der Waals surface area contributed by atoms with Crippen molar-refractivity contribution in [1.82, 2.24) is 15.0 Å². The third-order valence-corrected chi connectivity index (χ3v) is 3.52. The Morgan fingerprint density at radius 1 is 0.917 bits per heavy atom. The van der Waals surface area contributed by atoms with Crippen LogP contribution in [0.4, 0.5) is 13.2 Å². The molecule has 0 bridgehead atoms. The molecule has 0 spiro atoms. The number of pyridine rings is 1. The Labute approximate surface area is 137 Å². The zero-order valence-corrected chi connectivity index (χ0v) is 12.9. The molecule has 2 heterocycles. The lowest BCUT2D eigenvalue weighted by atomic mass is 10.1.